The van der Waals surface area contributed by atoms with Gasteiger partial charge in [-0.25, -0.2) is 9.67 Å². The molecule has 30 heavy (non-hydrogen) atoms. The zero-order chi connectivity index (χ0) is 20.5. The molecule has 2 aromatic heterocycles. The van der Waals surface area contributed by atoms with E-state index in [4.69, 9.17) is 4.74 Å². The van der Waals surface area contributed by atoms with Gasteiger partial charge in [-0.1, -0.05) is 25.3 Å². The van der Waals surface area contributed by atoms with Gasteiger partial charge in [-0.15, -0.1) is 0 Å². The minimum atomic E-state index is 0.108. The molecule has 1 aliphatic carbocycles. The van der Waals surface area contributed by atoms with Crippen molar-refractivity contribution in [1.82, 2.24) is 19.7 Å². The fraction of sp³-hybridized carbons (Fsp3) is 0.375. The van der Waals surface area contributed by atoms with Crippen LogP contribution in [0.4, 0.5) is 0 Å². The second kappa shape index (κ2) is 7.94. The lowest BCUT2D eigenvalue weighted by Gasteiger charge is -2.37. The Balaban J connectivity index is 1.38. The lowest BCUT2D eigenvalue weighted by molar-refractivity contribution is 0.0319. The zero-order valence-corrected chi connectivity index (χ0v) is 17.3. The summed E-state index contributed by atoms with van der Waals surface area (Å²) in [6, 6.07) is 10.2. The van der Waals surface area contributed by atoms with Crippen LogP contribution >= 0.6 is 0 Å². The van der Waals surface area contributed by atoms with E-state index < -0.39 is 0 Å². The van der Waals surface area contributed by atoms with Crippen molar-refractivity contribution in [2.24, 2.45) is 0 Å². The Bertz CT molecular complexity index is 1040. The predicted octanol–water partition coefficient (Wildman–Crippen LogP) is 4.29. The third-order valence-electron chi connectivity index (χ3n) is 6.25. The number of carbonyl (C=O) groups excluding carboxylic acids is 1. The summed E-state index contributed by atoms with van der Waals surface area (Å²) < 4.78 is 7.73. The van der Waals surface area contributed by atoms with E-state index in [1.807, 2.05) is 41.6 Å². The van der Waals surface area contributed by atoms with Crippen molar-refractivity contribution in [1.29, 1.82) is 0 Å². The van der Waals surface area contributed by atoms with Gasteiger partial charge in [-0.05, 0) is 67.1 Å². The van der Waals surface area contributed by atoms with E-state index in [0.717, 1.165) is 41.8 Å². The number of benzene rings is 1. The molecule has 1 aromatic carbocycles. The third kappa shape index (κ3) is 3.58. The van der Waals surface area contributed by atoms with E-state index in [0.29, 0.717) is 24.1 Å². The Hall–Kier alpha value is -3.15. The molecule has 1 aliphatic heterocycles. The fourth-order valence-corrected chi connectivity index (χ4v) is 4.50. The van der Waals surface area contributed by atoms with E-state index in [1.54, 1.807) is 10.9 Å². The topological polar surface area (TPSA) is 60.2 Å². The van der Waals surface area contributed by atoms with Crippen molar-refractivity contribution in [2.45, 2.75) is 51.5 Å². The standard InChI is InChI=1S/C24H26N4O2/c1-17-12-22-21(24(29)27(16-30-22)20-6-3-2-4-7-20)14-19(17)13-18-8-9-23(25-15-18)28-11-5-10-26-28/h5,8-12,14-15,20H,2-4,6-7,13,16H2,1H3. The van der Waals surface area contributed by atoms with Crippen LogP contribution in [0.1, 0.15) is 59.2 Å². The van der Waals surface area contributed by atoms with Gasteiger partial charge in [0.05, 0.1) is 5.56 Å². The number of aryl methyl sites for hydroxylation is 1. The number of fused-ring (bicyclic) bond motifs is 1. The SMILES string of the molecule is Cc1cc2c(cc1Cc1ccc(-n3cccn3)nc1)C(=O)N(C1CCCCC1)CO2. The molecule has 0 N–H and O–H groups in total. The number of ether oxygens (including phenoxy) is 1. The quantitative estimate of drug-likeness (QED) is 0.653. The van der Waals surface area contributed by atoms with Gasteiger partial charge in [0.1, 0.15) is 5.75 Å². The smallest absolute Gasteiger partial charge is 0.260 e. The number of carbonyl (C=O) groups is 1. The molecule has 2 aliphatic rings. The molecule has 3 heterocycles. The summed E-state index contributed by atoms with van der Waals surface area (Å²) >= 11 is 0. The molecule has 1 amide bonds. The molecule has 0 spiro atoms. The van der Waals surface area contributed by atoms with Gasteiger partial charge < -0.3 is 9.64 Å². The maximum atomic E-state index is 13.2. The Morgan fingerprint density at radius 1 is 1.17 bits per heavy atom. The summed E-state index contributed by atoms with van der Waals surface area (Å²) in [6.45, 7) is 2.44. The van der Waals surface area contributed by atoms with Crippen LogP contribution in [0.3, 0.4) is 0 Å². The molecule has 3 aromatic rings. The lowest BCUT2D eigenvalue weighted by atomic mass is 9.92. The molecule has 0 atom stereocenters. The average Bonchev–Trinajstić information content (AvgIpc) is 3.31. The van der Waals surface area contributed by atoms with E-state index in [9.17, 15) is 4.79 Å². The molecule has 0 radical (unpaired) electrons. The number of nitrogens with zero attached hydrogens (tertiary/aromatic N) is 4. The average molecular weight is 402 g/mol. The highest BCUT2D eigenvalue weighted by Crippen LogP contribution is 2.33. The molecule has 0 unspecified atom stereocenters. The van der Waals surface area contributed by atoms with Crippen LogP contribution in [-0.2, 0) is 6.42 Å². The van der Waals surface area contributed by atoms with Gasteiger partial charge in [-0.2, -0.15) is 5.10 Å². The maximum Gasteiger partial charge on any atom is 0.260 e. The molecule has 0 saturated heterocycles. The van der Waals surface area contributed by atoms with Crippen molar-refractivity contribution in [2.75, 3.05) is 6.73 Å². The van der Waals surface area contributed by atoms with E-state index in [2.05, 4.69) is 23.1 Å². The summed E-state index contributed by atoms with van der Waals surface area (Å²) in [5.74, 6) is 1.61. The summed E-state index contributed by atoms with van der Waals surface area (Å²) in [4.78, 5) is 19.7. The molecule has 154 valence electrons. The van der Waals surface area contributed by atoms with Crippen LogP contribution in [0.15, 0.2) is 48.9 Å². The van der Waals surface area contributed by atoms with Crippen molar-refractivity contribution in [3.05, 3.63) is 71.2 Å². The number of amides is 1. The monoisotopic (exact) mass is 402 g/mol. The Morgan fingerprint density at radius 3 is 2.77 bits per heavy atom. The number of hydrogen-bond donors (Lipinski definition) is 0. The molecule has 5 rings (SSSR count). The first-order chi connectivity index (χ1) is 14.7. The largest absolute Gasteiger partial charge is 0.472 e. The first kappa shape index (κ1) is 18.9. The minimum absolute atomic E-state index is 0.108. The molecule has 1 fully saturated rings. The van der Waals surface area contributed by atoms with Crippen LogP contribution < -0.4 is 4.74 Å². The summed E-state index contributed by atoms with van der Waals surface area (Å²) in [5.41, 5.74) is 4.05. The lowest BCUT2D eigenvalue weighted by Crippen LogP contribution is -2.46. The highest BCUT2D eigenvalue weighted by molar-refractivity contribution is 5.98. The maximum absolute atomic E-state index is 13.2. The van der Waals surface area contributed by atoms with Gasteiger partial charge in [0.15, 0.2) is 12.5 Å². The van der Waals surface area contributed by atoms with Crippen molar-refractivity contribution >= 4 is 5.91 Å². The van der Waals surface area contributed by atoms with Crippen LogP contribution in [0.2, 0.25) is 0 Å². The van der Waals surface area contributed by atoms with Crippen LogP contribution in [0.25, 0.3) is 5.82 Å². The zero-order valence-electron chi connectivity index (χ0n) is 17.3. The highest BCUT2D eigenvalue weighted by Gasteiger charge is 2.32. The summed E-state index contributed by atoms with van der Waals surface area (Å²) in [7, 11) is 0. The molecule has 0 bridgehead atoms. The highest BCUT2D eigenvalue weighted by atomic mass is 16.5. The van der Waals surface area contributed by atoms with Crippen LogP contribution in [-0.4, -0.2) is 38.3 Å². The first-order valence-electron chi connectivity index (χ1n) is 10.7. The summed E-state index contributed by atoms with van der Waals surface area (Å²) in [5, 5.41) is 4.21. The molecular formula is C24H26N4O2. The number of aromatic nitrogens is 3. The second-order valence-corrected chi connectivity index (χ2v) is 8.27. The van der Waals surface area contributed by atoms with Gasteiger partial charge in [0.2, 0.25) is 0 Å². The Morgan fingerprint density at radius 2 is 2.03 bits per heavy atom. The minimum Gasteiger partial charge on any atom is -0.472 e. The fourth-order valence-electron chi connectivity index (χ4n) is 4.50. The van der Waals surface area contributed by atoms with Crippen molar-refractivity contribution in [3.63, 3.8) is 0 Å². The number of hydrogen-bond acceptors (Lipinski definition) is 4. The second-order valence-electron chi connectivity index (χ2n) is 8.27. The normalized spacial score (nSPS) is 17.0. The summed E-state index contributed by atoms with van der Waals surface area (Å²) in [6.07, 6.45) is 12.0. The molecule has 1 saturated carbocycles. The molecule has 6 nitrogen and oxygen atoms in total. The van der Waals surface area contributed by atoms with Crippen molar-refractivity contribution < 1.29 is 9.53 Å². The predicted molar refractivity (Wildman–Crippen MR) is 114 cm³/mol. The van der Waals surface area contributed by atoms with Gasteiger partial charge in [0.25, 0.3) is 5.91 Å². The first-order valence-corrected chi connectivity index (χ1v) is 10.7. The van der Waals surface area contributed by atoms with Gasteiger partial charge in [-0.3, -0.25) is 4.79 Å². The molecular weight excluding hydrogens is 376 g/mol. The van der Waals surface area contributed by atoms with Crippen LogP contribution in [0, 0.1) is 6.92 Å². The van der Waals surface area contributed by atoms with E-state index in [-0.39, 0.29) is 5.91 Å². The molecule has 6 heteroatoms. The Labute approximate surface area is 176 Å². The number of rotatable bonds is 4. The number of pyridine rings is 1. The third-order valence-corrected chi connectivity index (χ3v) is 6.25. The Kier molecular flexibility index (Phi) is 4.99. The van der Waals surface area contributed by atoms with E-state index in [1.165, 1.54) is 19.3 Å². The van der Waals surface area contributed by atoms with Crippen LogP contribution in [0.5, 0.6) is 5.75 Å². The van der Waals surface area contributed by atoms with Gasteiger partial charge >= 0.3 is 0 Å². The van der Waals surface area contributed by atoms with Gasteiger partial charge in [0, 0.05) is 24.6 Å². The van der Waals surface area contributed by atoms with Crippen molar-refractivity contribution in [3.8, 4) is 11.6 Å². The van der Waals surface area contributed by atoms with E-state index >= 15 is 0 Å².